The van der Waals surface area contributed by atoms with Crippen molar-refractivity contribution in [1.29, 1.82) is 0 Å². The molecule has 0 aliphatic carbocycles. The lowest BCUT2D eigenvalue weighted by Crippen LogP contribution is -2.27. The van der Waals surface area contributed by atoms with Crippen LogP contribution in [0.5, 0.6) is 0 Å². The molecule has 0 atom stereocenters. The Morgan fingerprint density at radius 1 is 1.29 bits per heavy atom. The number of Topliss-reactive ketones (excluding diaryl/α,β-unsaturated/α-hetero) is 1. The maximum atomic E-state index is 12.6. The predicted octanol–water partition coefficient (Wildman–Crippen LogP) is 3.10. The van der Waals surface area contributed by atoms with E-state index in [0.717, 1.165) is 25.9 Å². The number of likely N-dealkylation sites (tertiary alicyclic amines) is 1. The minimum atomic E-state index is -0.0630. The minimum Gasteiger partial charge on any atom is -0.461 e. The molecule has 1 amide bonds. The highest BCUT2D eigenvalue weighted by molar-refractivity contribution is 7.99. The lowest BCUT2D eigenvalue weighted by Gasteiger charge is -2.13. The Morgan fingerprint density at radius 2 is 2.11 bits per heavy atom. The summed E-state index contributed by atoms with van der Waals surface area (Å²) in [6, 6.07) is 5.27. The summed E-state index contributed by atoms with van der Waals surface area (Å²) in [4.78, 5) is 29.7. The van der Waals surface area contributed by atoms with Crippen molar-refractivity contribution in [3.63, 3.8) is 0 Å². The molecule has 3 aromatic rings. The lowest BCUT2D eigenvalue weighted by atomic mass is 10.2. The van der Waals surface area contributed by atoms with Gasteiger partial charge in [0.05, 0.1) is 12.0 Å². The third-order valence-corrected chi connectivity index (χ3v) is 5.70. The summed E-state index contributed by atoms with van der Waals surface area (Å²) in [5, 5.41) is 9.03. The van der Waals surface area contributed by atoms with Crippen LogP contribution in [0.15, 0.2) is 40.2 Å². The highest BCUT2D eigenvalue weighted by Gasteiger charge is 2.22. The zero-order chi connectivity index (χ0) is 19.5. The van der Waals surface area contributed by atoms with E-state index in [1.165, 1.54) is 11.8 Å². The van der Waals surface area contributed by atoms with Gasteiger partial charge in [-0.15, -0.1) is 10.2 Å². The minimum absolute atomic E-state index is 0.0435. The van der Waals surface area contributed by atoms with Crippen LogP contribution in [-0.4, -0.2) is 55.2 Å². The van der Waals surface area contributed by atoms with Gasteiger partial charge in [-0.1, -0.05) is 11.8 Å². The Bertz CT molecular complexity index is 970. The summed E-state index contributed by atoms with van der Waals surface area (Å²) in [6.45, 7) is 4.21. The van der Waals surface area contributed by atoms with Crippen LogP contribution >= 0.6 is 11.8 Å². The Labute approximate surface area is 166 Å². The highest BCUT2D eigenvalue weighted by atomic mass is 32.2. The van der Waals surface area contributed by atoms with Crippen LogP contribution in [0.2, 0.25) is 0 Å². The van der Waals surface area contributed by atoms with Gasteiger partial charge in [0.2, 0.25) is 0 Å². The molecule has 1 N–H and O–H groups in total. The molecule has 4 rings (SSSR count). The maximum Gasteiger partial charge on any atom is 0.270 e. The van der Waals surface area contributed by atoms with E-state index in [1.807, 2.05) is 22.5 Å². The fraction of sp³-hybridized carbons (Fsp3) is 0.368. The molecule has 0 bridgehead atoms. The van der Waals surface area contributed by atoms with Gasteiger partial charge in [-0.3, -0.25) is 14.2 Å². The Balaban J connectivity index is 1.42. The fourth-order valence-corrected chi connectivity index (χ4v) is 4.15. The number of hydrogen-bond donors (Lipinski definition) is 1. The molecular formula is C19H21N5O3S. The molecule has 1 fully saturated rings. The van der Waals surface area contributed by atoms with Gasteiger partial charge in [0.1, 0.15) is 5.69 Å². The van der Waals surface area contributed by atoms with E-state index in [9.17, 15) is 9.59 Å². The second-order valence-corrected chi connectivity index (χ2v) is 7.48. The number of hydrogen-bond acceptors (Lipinski definition) is 6. The van der Waals surface area contributed by atoms with E-state index in [-0.39, 0.29) is 17.4 Å². The molecule has 1 saturated heterocycles. The largest absolute Gasteiger partial charge is 0.461 e. The van der Waals surface area contributed by atoms with Gasteiger partial charge < -0.3 is 14.3 Å². The van der Waals surface area contributed by atoms with E-state index in [4.69, 9.17) is 4.42 Å². The number of thioether (sulfide) groups is 1. The van der Waals surface area contributed by atoms with E-state index < -0.39 is 0 Å². The van der Waals surface area contributed by atoms with E-state index in [2.05, 4.69) is 15.2 Å². The smallest absolute Gasteiger partial charge is 0.270 e. The van der Waals surface area contributed by atoms with Crippen LogP contribution in [0.4, 0.5) is 0 Å². The number of carbonyl (C=O) groups excluding carboxylic acids is 2. The van der Waals surface area contributed by atoms with Crippen molar-refractivity contribution in [3.05, 3.63) is 41.9 Å². The number of aromatic amines is 1. The Kier molecular flexibility index (Phi) is 5.34. The van der Waals surface area contributed by atoms with Crippen molar-refractivity contribution < 1.29 is 14.0 Å². The van der Waals surface area contributed by atoms with Gasteiger partial charge in [-0.25, -0.2) is 0 Å². The van der Waals surface area contributed by atoms with E-state index in [1.54, 1.807) is 24.6 Å². The molecule has 146 valence electrons. The second kappa shape index (κ2) is 8.05. The first kappa shape index (κ1) is 18.5. The molecule has 9 heteroatoms. The molecule has 0 radical (unpaired) electrons. The summed E-state index contributed by atoms with van der Waals surface area (Å²) >= 11 is 1.32. The average Bonchev–Trinajstić information content (AvgIpc) is 3.50. The zero-order valence-electron chi connectivity index (χ0n) is 15.6. The number of amides is 1. The third-order valence-electron chi connectivity index (χ3n) is 4.74. The van der Waals surface area contributed by atoms with E-state index in [0.29, 0.717) is 34.5 Å². The number of aromatic nitrogens is 4. The summed E-state index contributed by atoms with van der Waals surface area (Å²) in [7, 11) is 0. The van der Waals surface area contributed by atoms with Crippen molar-refractivity contribution >= 4 is 23.5 Å². The van der Waals surface area contributed by atoms with Gasteiger partial charge in [-0.05, 0) is 38.0 Å². The monoisotopic (exact) mass is 399 g/mol. The van der Waals surface area contributed by atoms with Gasteiger partial charge in [0, 0.05) is 31.4 Å². The topological polar surface area (TPSA) is 97.0 Å². The normalized spacial score (nSPS) is 14.0. The Morgan fingerprint density at radius 3 is 2.82 bits per heavy atom. The molecule has 8 nitrogen and oxygen atoms in total. The number of nitrogens with zero attached hydrogens (tertiary/aromatic N) is 4. The SMILES string of the molecule is CCn1c(SCC(=O)c2c[nH]c(C(=O)N3CCCC3)c2)nnc1-c1ccco1. The van der Waals surface area contributed by atoms with Crippen LogP contribution in [-0.2, 0) is 6.54 Å². The average molecular weight is 399 g/mol. The predicted molar refractivity (Wildman–Crippen MR) is 104 cm³/mol. The highest BCUT2D eigenvalue weighted by Crippen LogP contribution is 2.25. The maximum absolute atomic E-state index is 12.6. The lowest BCUT2D eigenvalue weighted by molar-refractivity contribution is 0.0787. The first-order chi connectivity index (χ1) is 13.7. The fourth-order valence-electron chi connectivity index (χ4n) is 3.25. The summed E-state index contributed by atoms with van der Waals surface area (Å²) in [5.41, 5.74) is 0.968. The molecule has 0 aromatic carbocycles. The van der Waals surface area contributed by atoms with Crippen LogP contribution < -0.4 is 0 Å². The summed E-state index contributed by atoms with van der Waals surface area (Å²) in [5.74, 6) is 1.39. The molecule has 0 spiro atoms. The first-order valence-electron chi connectivity index (χ1n) is 9.28. The van der Waals surface area contributed by atoms with Crippen molar-refractivity contribution in [3.8, 4) is 11.6 Å². The van der Waals surface area contributed by atoms with E-state index >= 15 is 0 Å². The number of rotatable bonds is 7. The quantitative estimate of drug-likeness (QED) is 0.484. The van der Waals surface area contributed by atoms with Crippen LogP contribution in [0.1, 0.15) is 40.6 Å². The van der Waals surface area contributed by atoms with Crippen molar-refractivity contribution in [1.82, 2.24) is 24.6 Å². The number of ketones is 1. The molecule has 1 aliphatic rings. The first-order valence-corrected chi connectivity index (χ1v) is 10.3. The third kappa shape index (κ3) is 3.62. The molecular weight excluding hydrogens is 378 g/mol. The van der Waals surface area contributed by atoms with Crippen LogP contribution in [0, 0.1) is 0 Å². The number of carbonyl (C=O) groups is 2. The van der Waals surface area contributed by atoms with Crippen molar-refractivity contribution in [2.24, 2.45) is 0 Å². The zero-order valence-corrected chi connectivity index (χ0v) is 16.4. The van der Waals surface area contributed by atoms with Gasteiger partial charge in [-0.2, -0.15) is 0 Å². The molecule has 3 aromatic heterocycles. The van der Waals surface area contributed by atoms with Crippen LogP contribution in [0.3, 0.4) is 0 Å². The van der Waals surface area contributed by atoms with Crippen molar-refractivity contribution in [2.75, 3.05) is 18.8 Å². The molecule has 28 heavy (non-hydrogen) atoms. The van der Waals surface area contributed by atoms with Gasteiger partial charge in [0.25, 0.3) is 5.91 Å². The summed E-state index contributed by atoms with van der Waals surface area (Å²) in [6.07, 6.45) is 5.26. The molecule has 0 saturated carbocycles. The molecule has 4 heterocycles. The van der Waals surface area contributed by atoms with Gasteiger partial charge >= 0.3 is 0 Å². The Hall–Kier alpha value is -2.81. The second-order valence-electron chi connectivity index (χ2n) is 6.54. The standard InChI is InChI=1S/C19H21N5O3S/c1-2-24-17(16-6-5-9-27-16)21-22-19(24)28-12-15(25)13-10-14(20-11-13)18(26)23-7-3-4-8-23/h5-6,9-11,20H,2-4,7-8,12H2,1H3. The number of H-pyrrole nitrogens is 1. The van der Waals surface area contributed by atoms with Crippen molar-refractivity contribution in [2.45, 2.75) is 31.5 Å². The molecule has 1 aliphatic heterocycles. The number of furan rings is 1. The van der Waals surface area contributed by atoms with Gasteiger partial charge in [0.15, 0.2) is 22.5 Å². The molecule has 0 unspecified atom stereocenters. The van der Waals surface area contributed by atoms with Crippen LogP contribution in [0.25, 0.3) is 11.6 Å². The number of nitrogens with one attached hydrogen (secondary N) is 1. The summed E-state index contributed by atoms with van der Waals surface area (Å²) < 4.78 is 7.31.